The van der Waals surface area contributed by atoms with E-state index in [0.29, 0.717) is 45.5 Å². The first kappa shape index (κ1) is 63.8. The van der Waals surface area contributed by atoms with Crippen molar-refractivity contribution >= 4 is 23.9 Å². The second-order valence-electron chi connectivity index (χ2n) is 23.6. The van der Waals surface area contributed by atoms with Crippen molar-refractivity contribution in [3.05, 3.63) is 363 Å². The van der Waals surface area contributed by atoms with Gasteiger partial charge in [-0.25, -0.2) is 19.2 Å². The van der Waals surface area contributed by atoms with Gasteiger partial charge in [-0.15, -0.1) is 0 Å². The Kier molecular flexibility index (Phi) is 18.3. The Hall–Kier alpha value is -14.2. The average Bonchev–Trinajstić information content (AvgIpc) is 0.793. The summed E-state index contributed by atoms with van der Waals surface area (Å²) < 4.78 is 23.8. The summed E-state index contributed by atoms with van der Waals surface area (Å²) in [7, 11) is 0. The SMILES string of the molecule is O=C(Oc1ccc(-c2ccccn2)cc1)c1cc(C(=O)Oc2ccc(-c3ccccn3)cc2)cc(-c2ccccc2-c2ccc(-c3cnc(-c4ccc(-c5ccccc5-c5cc(C(=O)Oc6ccc(-c7ccccn7)cc6)cc(C(=O)Oc6ccc(-c7ccccn7)cc6)c5)cc4)cn3)cc2)c1. The van der Waals surface area contributed by atoms with Crippen LogP contribution in [0.4, 0.5) is 0 Å². The fourth-order valence-electron chi connectivity index (χ4n) is 11.9. The van der Waals surface area contributed by atoms with Crippen LogP contribution < -0.4 is 18.9 Å². The van der Waals surface area contributed by atoms with Gasteiger partial charge in [0.2, 0.25) is 0 Å². The Labute approximate surface area is 586 Å². The summed E-state index contributed by atoms with van der Waals surface area (Å²) in [5.41, 5.74) is 16.2. The Morgan fingerprint density at radius 1 is 0.196 bits per heavy atom. The molecule has 0 spiro atoms. The molecular formula is C88H56N6O8. The van der Waals surface area contributed by atoms with Gasteiger partial charge in [0, 0.05) is 58.2 Å². The van der Waals surface area contributed by atoms with Crippen LogP contribution in [0.15, 0.2) is 340 Å². The van der Waals surface area contributed by atoms with Crippen molar-refractivity contribution in [1.29, 1.82) is 0 Å². The number of esters is 4. The first-order valence-corrected chi connectivity index (χ1v) is 32.6. The number of pyridine rings is 4. The predicted molar refractivity (Wildman–Crippen MR) is 393 cm³/mol. The number of ether oxygens (including phenoxy) is 4. The number of hydrogen-bond acceptors (Lipinski definition) is 14. The first-order chi connectivity index (χ1) is 50.1. The van der Waals surface area contributed by atoms with Crippen LogP contribution in [0.2, 0.25) is 0 Å². The molecular weight excluding hydrogens is 1270 g/mol. The molecule has 0 aliphatic carbocycles. The number of hydrogen-bond donors (Lipinski definition) is 0. The maximum atomic E-state index is 14.2. The molecule has 0 unspecified atom stereocenters. The molecule has 0 radical (unpaired) electrons. The van der Waals surface area contributed by atoms with E-state index in [1.165, 1.54) is 12.1 Å². The van der Waals surface area contributed by atoms with Gasteiger partial charge in [-0.1, -0.05) is 121 Å². The van der Waals surface area contributed by atoms with Crippen LogP contribution in [-0.2, 0) is 0 Å². The number of benzene rings is 10. The highest BCUT2D eigenvalue weighted by Crippen LogP contribution is 2.38. The van der Waals surface area contributed by atoms with E-state index in [-0.39, 0.29) is 22.3 Å². The van der Waals surface area contributed by atoms with Crippen molar-refractivity contribution in [2.75, 3.05) is 0 Å². The molecule has 0 N–H and O–H groups in total. The van der Waals surface area contributed by atoms with Crippen LogP contribution in [0.25, 0.3) is 112 Å². The molecule has 0 atom stereocenters. The molecule has 10 aromatic carbocycles. The van der Waals surface area contributed by atoms with Gasteiger partial charge in [-0.3, -0.25) is 29.9 Å². The molecule has 486 valence electrons. The number of carbonyl (C=O) groups excluding carboxylic acids is 4. The van der Waals surface area contributed by atoms with E-state index in [2.05, 4.69) is 19.9 Å². The van der Waals surface area contributed by atoms with Gasteiger partial charge in [0.15, 0.2) is 0 Å². The molecule has 14 heteroatoms. The van der Waals surface area contributed by atoms with E-state index in [0.717, 1.165) is 89.5 Å². The molecule has 0 aliphatic heterocycles. The highest BCUT2D eigenvalue weighted by molar-refractivity contribution is 6.02. The van der Waals surface area contributed by atoms with E-state index >= 15 is 0 Å². The minimum absolute atomic E-state index is 0.143. The van der Waals surface area contributed by atoms with Crippen LogP contribution in [0, 0.1) is 0 Å². The van der Waals surface area contributed by atoms with Gasteiger partial charge in [0.05, 0.1) is 68.8 Å². The monoisotopic (exact) mass is 1320 g/mol. The summed E-state index contributed by atoms with van der Waals surface area (Å²) in [4.78, 5) is 84.1. The minimum Gasteiger partial charge on any atom is -0.423 e. The van der Waals surface area contributed by atoms with Gasteiger partial charge >= 0.3 is 23.9 Å². The lowest BCUT2D eigenvalue weighted by molar-refractivity contribution is 0.0716. The third-order valence-corrected chi connectivity index (χ3v) is 17.0. The van der Waals surface area contributed by atoms with Gasteiger partial charge in [-0.2, -0.15) is 0 Å². The van der Waals surface area contributed by atoms with Crippen LogP contribution in [0.3, 0.4) is 0 Å². The maximum absolute atomic E-state index is 14.2. The molecule has 0 fully saturated rings. The molecule has 102 heavy (non-hydrogen) atoms. The maximum Gasteiger partial charge on any atom is 0.343 e. The summed E-state index contributed by atoms with van der Waals surface area (Å²) in [5.74, 6) is -1.38. The second-order valence-corrected chi connectivity index (χ2v) is 23.6. The fourth-order valence-corrected chi connectivity index (χ4v) is 11.9. The molecule has 0 bridgehead atoms. The van der Waals surface area contributed by atoms with Gasteiger partial charge in [0.25, 0.3) is 0 Å². The zero-order valence-corrected chi connectivity index (χ0v) is 54.3. The van der Waals surface area contributed by atoms with Crippen LogP contribution >= 0.6 is 0 Å². The smallest absolute Gasteiger partial charge is 0.343 e. The van der Waals surface area contributed by atoms with Crippen molar-refractivity contribution < 1.29 is 38.1 Å². The number of carbonyl (C=O) groups is 4. The first-order valence-electron chi connectivity index (χ1n) is 32.6. The summed E-state index contributed by atoms with van der Waals surface area (Å²) in [6.45, 7) is 0. The van der Waals surface area contributed by atoms with E-state index in [9.17, 15) is 19.2 Å². The summed E-state index contributed by atoms with van der Waals surface area (Å²) >= 11 is 0. The summed E-state index contributed by atoms with van der Waals surface area (Å²) in [6, 6.07) is 92.3. The Bertz CT molecular complexity index is 4940. The largest absolute Gasteiger partial charge is 0.423 e. The van der Waals surface area contributed by atoms with Crippen molar-refractivity contribution in [2.45, 2.75) is 0 Å². The second kappa shape index (κ2) is 29.2. The Balaban J connectivity index is 0.670. The third-order valence-electron chi connectivity index (χ3n) is 17.0. The number of aromatic nitrogens is 6. The molecule has 0 aliphatic rings. The fraction of sp³-hybridized carbons (Fsp3) is 0. The standard InChI is InChI=1S/C88H56N6O8/c95-85(99-71-37-29-59(30-38-71)79-17-5-9-45-89-79)67-49-65(50-68(53-67)86(96)100-72-39-31-60(32-40-72)80-18-6-10-46-90-80)77-15-3-1-13-75(77)57-21-25-63(26-22-57)83-55-94-84(56-93-83)64-27-23-58(24-28-64)76-14-2-4-16-78(76)66-51-69(87(97)101-73-41-33-61(34-42-73)81-19-7-11-47-91-81)54-70(52-66)88(98)102-74-43-35-62(36-44-74)82-20-8-12-48-92-82/h1-56H. The predicted octanol–water partition coefficient (Wildman–Crippen LogP) is 19.6. The lowest BCUT2D eigenvalue weighted by Crippen LogP contribution is -2.13. The molecule has 5 aromatic heterocycles. The zero-order chi connectivity index (χ0) is 69.1. The normalized spacial score (nSPS) is 10.9. The van der Waals surface area contributed by atoms with E-state index in [1.807, 2.05) is 218 Å². The van der Waals surface area contributed by atoms with Gasteiger partial charge in [-0.05, 0) is 226 Å². The number of rotatable bonds is 18. The molecule has 14 nitrogen and oxygen atoms in total. The molecule has 0 amide bonds. The minimum atomic E-state index is -0.663. The average molecular weight is 1330 g/mol. The van der Waals surface area contributed by atoms with Crippen molar-refractivity contribution in [1.82, 2.24) is 29.9 Å². The van der Waals surface area contributed by atoms with Crippen LogP contribution in [-0.4, -0.2) is 53.8 Å². The quantitative estimate of drug-likeness (QED) is 0.0584. The zero-order valence-electron chi connectivity index (χ0n) is 54.3. The van der Waals surface area contributed by atoms with Crippen LogP contribution in [0.5, 0.6) is 23.0 Å². The highest BCUT2D eigenvalue weighted by Gasteiger charge is 2.23. The molecule has 0 saturated carbocycles. The summed E-state index contributed by atoms with van der Waals surface area (Å²) in [6.07, 6.45) is 10.4. The molecule has 15 rings (SSSR count). The van der Waals surface area contributed by atoms with E-state index in [1.54, 1.807) is 110 Å². The van der Waals surface area contributed by atoms with Crippen molar-refractivity contribution in [3.8, 4) is 135 Å². The lowest BCUT2D eigenvalue weighted by Gasteiger charge is -2.14. The summed E-state index contributed by atoms with van der Waals surface area (Å²) in [5, 5.41) is 0. The molecule has 0 saturated heterocycles. The molecule has 5 heterocycles. The Morgan fingerprint density at radius 2 is 0.412 bits per heavy atom. The third kappa shape index (κ3) is 14.6. The van der Waals surface area contributed by atoms with Crippen molar-refractivity contribution in [3.63, 3.8) is 0 Å². The lowest BCUT2D eigenvalue weighted by atomic mass is 9.92. The van der Waals surface area contributed by atoms with Gasteiger partial charge in [0.1, 0.15) is 23.0 Å². The topological polar surface area (TPSA) is 183 Å². The Morgan fingerprint density at radius 3 is 0.647 bits per heavy atom. The van der Waals surface area contributed by atoms with E-state index in [4.69, 9.17) is 28.9 Å². The van der Waals surface area contributed by atoms with E-state index < -0.39 is 23.9 Å². The number of nitrogens with zero attached hydrogens (tertiary/aromatic N) is 6. The van der Waals surface area contributed by atoms with Crippen LogP contribution in [0.1, 0.15) is 41.4 Å². The van der Waals surface area contributed by atoms with Crippen molar-refractivity contribution in [2.24, 2.45) is 0 Å². The highest BCUT2D eigenvalue weighted by atomic mass is 16.5. The molecule has 15 aromatic rings. The van der Waals surface area contributed by atoms with Gasteiger partial charge < -0.3 is 18.9 Å².